The molecule has 0 fully saturated rings. The van der Waals surface area contributed by atoms with E-state index in [1.807, 2.05) is 13.8 Å². The van der Waals surface area contributed by atoms with Crippen LogP contribution in [-0.4, -0.2) is 31.8 Å². The van der Waals surface area contributed by atoms with Gasteiger partial charge in [0.25, 0.3) is 0 Å². The van der Waals surface area contributed by atoms with Crippen LogP contribution < -0.4 is 5.32 Å². The average molecular weight is 414 g/mol. The number of hydrogen-bond donors (Lipinski definition) is 1. The third kappa shape index (κ3) is 16.2. The van der Waals surface area contributed by atoms with Crippen molar-refractivity contribution >= 4 is 12.1 Å². The van der Waals surface area contributed by atoms with Crippen LogP contribution in [0.15, 0.2) is 0 Å². The molecule has 1 unspecified atom stereocenters. The number of ether oxygens (including phenoxy) is 2. The molecule has 0 aromatic rings. The number of carbonyl (C=O) groups is 2. The highest BCUT2D eigenvalue weighted by Gasteiger charge is 2.27. The van der Waals surface area contributed by atoms with Crippen molar-refractivity contribution in [1.29, 1.82) is 0 Å². The lowest BCUT2D eigenvalue weighted by molar-refractivity contribution is -0.147. The van der Waals surface area contributed by atoms with Crippen molar-refractivity contribution in [3.63, 3.8) is 0 Å². The van der Waals surface area contributed by atoms with Crippen molar-refractivity contribution in [2.45, 2.75) is 123 Å². The smallest absolute Gasteiger partial charge is 0.407 e. The number of hydrogen-bond acceptors (Lipinski definition) is 4. The number of amides is 1. The third-order valence-corrected chi connectivity index (χ3v) is 5.67. The van der Waals surface area contributed by atoms with Crippen LogP contribution in [0.4, 0.5) is 4.79 Å². The molecule has 5 heteroatoms. The predicted octanol–water partition coefficient (Wildman–Crippen LogP) is 6.78. The first-order valence-electron chi connectivity index (χ1n) is 12.1. The number of carbonyl (C=O) groups excluding carboxylic acids is 2. The summed E-state index contributed by atoms with van der Waals surface area (Å²) in [5.41, 5.74) is 0. The Labute approximate surface area is 179 Å². The van der Waals surface area contributed by atoms with Crippen LogP contribution in [0, 0.1) is 5.92 Å². The Morgan fingerprint density at radius 1 is 0.759 bits per heavy atom. The fourth-order valence-corrected chi connectivity index (χ4v) is 3.41. The maximum atomic E-state index is 12.2. The Morgan fingerprint density at radius 2 is 1.21 bits per heavy atom. The SMILES string of the molecule is CCCCCCCCCCCCCCCCOC(=O)[C@@H](NC(=O)OC)C(C)CC. The zero-order valence-corrected chi connectivity index (χ0v) is 19.6. The molecular formula is C24H47NO4. The molecule has 1 amide bonds. The summed E-state index contributed by atoms with van der Waals surface area (Å²) in [7, 11) is 1.29. The lowest BCUT2D eigenvalue weighted by Crippen LogP contribution is -2.46. The lowest BCUT2D eigenvalue weighted by Gasteiger charge is -2.21. The first kappa shape index (κ1) is 27.7. The van der Waals surface area contributed by atoms with E-state index in [2.05, 4.69) is 17.0 Å². The molecule has 0 aliphatic rings. The maximum absolute atomic E-state index is 12.2. The van der Waals surface area contributed by atoms with E-state index in [1.165, 1.54) is 84.2 Å². The second-order valence-electron chi connectivity index (χ2n) is 8.26. The molecule has 0 aliphatic heterocycles. The molecule has 0 spiro atoms. The molecule has 0 saturated heterocycles. The monoisotopic (exact) mass is 413 g/mol. The normalized spacial score (nSPS) is 13.0. The second kappa shape index (κ2) is 20.0. The number of nitrogens with one attached hydrogen (secondary N) is 1. The van der Waals surface area contributed by atoms with Gasteiger partial charge in [-0.15, -0.1) is 0 Å². The Kier molecular flexibility index (Phi) is 19.2. The molecule has 0 saturated carbocycles. The Balaban J connectivity index is 3.58. The van der Waals surface area contributed by atoms with Gasteiger partial charge in [0, 0.05) is 0 Å². The van der Waals surface area contributed by atoms with Crippen LogP contribution in [0.3, 0.4) is 0 Å². The van der Waals surface area contributed by atoms with Crippen molar-refractivity contribution < 1.29 is 19.1 Å². The Morgan fingerprint density at radius 3 is 1.62 bits per heavy atom. The summed E-state index contributed by atoms with van der Waals surface area (Å²) in [5.74, 6) is -0.350. The quantitative estimate of drug-likeness (QED) is 0.187. The molecule has 2 atom stereocenters. The van der Waals surface area contributed by atoms with Crippen molar-refractivity contribution in [1.82, 2.24) is 5.32 Å². The van der Waals surface area contributed by atoms with E-state index in [4.69, 9.17) is 4.74 Å². The minimum absolute atomic E-state index is 0.0120. The van der Waals surface area contributed by atoms with Gasteiger partial charge >= 0.3 is 12.1 Å². The van der Waals surface area contributed by atoms with Gasteiger partial charge in [0.2, 0.25) is 0 Å². The molecular weight excluding hydrogens is 366 g/mol. The van der Waals surface area contributed by atoms with Crippen LogP contribution >= 0.6 is 0 Å². The predicted molar refractivity (Wildman–Crippen MR) is 120 cm³/mol. The second-order valence-corrected chi connectivity index (χ2v) is 8.26. The summed E-state index contributed by atoms with van der Waals surface area (Å²) in [6, 6.07) is -0.640. The maximum Gasteiger partial charge on any atom is 0.407 e. The fraction of sp³-hybridized carbons (Fsp3) is 0.917. The average Bonchev–Trinajstić information content (AvgIpc) is 2.73. The number of esters is 1. The van der Waals surface area contributed by atoms with Crippen molar-refractivity contribution in [2.75, 3.05) is 13.7 Å². The molecule has 0 aromatic carbocycles. The standard InChI is InChI=1S/C24H47NO4/c1-5-7-8-9-10-11-12-13-14-15-16-17-18-19-20-29-23(26)22(21(3)6-2)25-24(27)28-4/h21-22H,5-20H2,1-4H3,(H,25,27)/t21?,22-/m0/s1. The van der Waals surface area contributed by atoms with Gasteiger partial charge < -0.3 is 14.8 Å². The molecule has 5 nitrogen and oxygen atoms in total. The number of rotatable bonds is 19. The minimum Gasteiger partial charge on any atom is -0.464 e. The molecule has 1 N–H and O–H groups in total. The number of unbranched alkanes of at least 4 members (excludes halogenated alkanes) is 13. The van der Waals surface area contributed by atoms with Crippen molar-refractivity contribution in [3.8, 4) is 0 Å². The van der Waals surface area contributed by atoms with E-state index in [0.717, 1.165) is 19.3 Å². The van der Waals surface area contributed by atoms with E-state index >= 15 is 0 Å². The molecule has 0 rings (SSSR count). The van der Waals surface area contributed by atoms with E-state index in [-0.39, 0.29) is 11.9 Å². The first-order chi connectivity index (χ1) is 14.1. The highest BCUT2D eigenvalue weighted by Crippen LogP contribution is 2.13. The Bertz CT molecular complexity index is 400. The van der Waals surface area contributed by atoms with Gasteiger partial charge in [-0.2, -0.15) is 0 Å². The largest absolute Gasteiger partial charge is 0.464 e. The number of alkyl carbamates (subject to hydrolysis) is 1. The molecule has 0 heterocycles. The van der Waals surface area contributed by atoms with Crippen molar-refractivity contribution in [2.24, 2.45) is 5.92 Å². The summed E-state index contributed by atoms with van der Waals surface area (Å²) in [6.07, 6.45) is 18.4. The zero-order chi connectivity index (χ0) is 21.7. The summed E-state index contributed by atoms with van der Waals surface area (Å²) < 4.78 is 9.97. The van der Waals surface area contributed by atoms with Crippen molar-refractivity contribution in [3.05, 3.63) is 0 Å². The van der Waals surface area contributed by atoms with E-state index < -0.39 is 12.1 Å². The highest BCUT2D eigenvalue weighted by molar-refractivity contribution is 5.81. The number of methoxy groups -OCH3 is 1. The van der Waals surface area contributed by atoms with Gasteiger partial charge in [0.1, 0.15) is 6.04 Å². The molecule has 0 aliphatic carbocycles. The lowest BCUT2D eigenvalue weighted by atomic mass is 9.99. The summed E-state index contributed by atoms with van der Waals surface area (Å²) in [6.45, 7) is 6.60. The van der Waals surface area contributed by atoms with Gasteiger partial charge in [0.05, 0.1) is 13.7 Å². The van der Waals surface area contributed by atoms with Crippen LogP contribution in [0.2, 0.25) is 0 Å². The molecule has 0 bridgehead atoms. The van der Waals surface area contributed by atoms with Gasteiger partial charge in [-0.25, -0.2) is 9.59 Å². The molecule has 0 aromatic heterocycles. The van der Waals surface area contributed by atoms with E-state index in [0.29, 0.717) is 6.61 Å². The van der Waals surface area contributed by atoms with Gasteiger partial charge in [-0.05, 0) is 12.3 Å². The zero-order valence-electron chi connectivity index (χ0n) is 19.6. The van der Waals surface area contributed by atoms with Gasteiger partial charge in [-0.3, -0.25) is 0 Å². The van der Waals surface area contributed by atoms with E-state index in [1.54, 1.807) is 0 Å². The summed E-state index contributed by atoms with van der Waals surface area (Å²) in [5, 5.41) is 2.58. The molecule has 172 valence electrons. The topological polar surface area (TPSA) is 64.6 Å². The van der Waals surface area contributed by atoms with Crippen LogP contribution in [0.5, 0.6) is 0 Å². The van der Waals surface area contributed by atoms with Gasteiger partial charge in [0.15, 0.2) is 0 Å². The fourth-order valence-electron chi connectivity index (χ4n) is 3.41. The minimum atomic E-state index is -0.640. The van der Waals surface area contributed by atoms with Crippen LogP contribution in [0.1, 0.15) is 117 Å². The first-order valence-corrected chi connectivity index (χ1v) is 12.1. The highest BCUT2D eigenvalue weighted by atomic mass is 16.5. The molecule has 29 heavy (non-hydrogen) atoms. The van der Waals surface area contributed by atoms with Gasteiger partial charge in [-0.1, -0.05) is 111 Å². The van der Waals surface area contributed by atoms with Crippen LogP contribution in [-0.2, 0) is 14.3 Å². The van der Waals surface area contributed by atoms with E-state index in [9.17, 15) is 9.59 Å². The Hall–Kier alpha value is -1.26. The summed E-state index contributed by atoms with van der Waals surface area (Å²) in [4.78, 5) is 23.7. The molecule has 0 radical (unpaired) electrons. The third-order valence-electron chi connectivity index (χ3n) is 5.67. The summed E-state index contributed by atoms with van der Waals surface area (Å²) >= 11 is 0. The van der Waals surface area contributed by atoms with Crippen LogP contribution in [0.25, 0.3) is 0 Å².